The molecule has 3 heterocycles. The Hall–Kier alpha value is -3.63. The first kappa shape index (κ1) is 24.1. The van der Waals surface area contributed by atoms with Crippen molar-refractivity contribution in [1.82, 2.24) is 9.88 Å². The van der Waals surface area contributed by atoms with Crippen LogP contribution in [0.25, 0.3) is 11.1 Å². The van der Waals surface area contributed by atoms with E-state index in [1.807, 2.05) is 17.0 Å². The fraction of sp³-hybridized carbons (Fsp3) is 0.414. The van der Waals surface area contributed by atoms with Gasteiger partial charge in [0.05, 0.1) is 24.3 Å². The molecule has 1 saturated heterocycles. The summed E-state index contributed by atoms with van der Waals surface area (Å²) in [5.74, 6) is 1.28. The van der Waals surface area contributed by atoms with E-state index in [9.17, 15) is 10.1 Å². The number of carbonyl (C=O) groups excluding carboxylic acids is 1. The lowest BCUT2D eigenvalue weighted by Gasteiger charge is -2.41. The monoisotopic (exact) mass is 483 g/mol. The average molecular weight is 484 g/mol. The Morgan fingerprint density at radius 3 is 2.78 bits per heavy atom. The number of benzene rings is 1. The molecule has 1 amide bonds. The van der Waals surface area contributed by atoms with Gasteiger partial charge in [-0.2, -0.15) is 5.26 Å². The smallest absolute Gasteiger partial charge is 0.225 e. The van der Waals surface area contributed by atoms with Crippen molar-refractivity contribution < 1.29 is 9.53 Å². The Morgan fingerprint density at radius 2 is 2.11 bits per heavy atom. The van der Waals surface area contributed by atoms with Gasteiger partial charge in [-0.1, -0.05) is 24.8 Å². The van der Waals surface area contributed by atoms with Crippen molar-refractivity contribution in [2.45, 2.75) is 38.1 Å². The lowest BCUT2D eigenvalue weighted by atomic mass is 9.98. The summed E-state index contributed by atoms with van der Waals surface area (Å²) in [6.45, 7) is 9.39. The van der Waals surface area contributed by atoms with Crippen molar-refractivity contribution in [3.8, 4) is 17.2 Å². The van der Waals surface area contributed by atoms with Crippen LogP contribution in [0.4, 0.5) is 11.5 Å². The minimum absolute atomic E-state index is 0.0411. The normalized spacial score (nSPS) is 19.6. The van der Waals surface area contributed by atoms with Gasteiger partial charge in [0.15, 0.2) is 0 Å². The molecule has 0 radical (unpaired) electrons. The zero-order valence-corrected chi connectivity index (χ0v) is 21.1. The summed E-state index contributed by atoms with van der Waals surface area (Å²) in [4.78, 5) is 24.0. The molecule has 0 spiro atoms. The Bertz CT molecular complexity index is 1240. The topological polar surface area (TPSA) is 72.7 Å². The van der Waals surface area contributed by atoms with Crippen LogP contribution >= 0.6 is 0 Å². The van der Waals surface area contributed by atoms with Crippen LogP contribution in [0, 0.1) is 11.3 Å². The van der Waals surface area contributed by atoms with Crippen LogP contribution in [-0.4, -0.2) is 61.7 Å². The number of nitrogens with zero attached hydrogens (tertiary/aromatic N) is 5. The Balaban J connectivity index is 1.44. The van der Waals surface area contributed by atoms with E-state index < -0.39 is 0 Å². The molecular formula is C29H33N5O2. The maximum absolute atomic E-state index is 12.6. The number of allylic oxidation sites excluding steroid dienone is 1. The van der Waals surface area contributed by atoms with E-state index in [1.165, 1.54) is 0 Å². The van der Waals surface area contributed by atoms with Crippen LogP contribution in [0.1, 0.15) is 43.4 Å². The predicted octanol–water partition coefficient (Wildman–Crippen LogP) is 4.46. The third-order valence-electron chi connectivity index (χ3n) is 7.30. The number of rotatable bonds is 7. The summed E-state index contributed by atoms with van der Waals surface area (Å²) < 4.78 is 5.08. The molecule has 1 aromatic heterocycles. The fourth-order valence-electron chi connectivity index (χ4n) is 5.21. The van der Waals surface area contributed by atoms with Crippen molar-refractivity contribution in [2.24, 2.45) is 0 Å². The molecule has 2 fully saturated rings. The van der Waals surface area contributed by atoms with Crippen LogP contribution in [0.15, 0.2) is 54.8 Å². The summed E-state index contributed by atoms with van der Waals surface area (Å²) in [6, 6.07) is 12.9. The molecule has 7 nitrogen and oxygen atoms in total. The fourth-order valence-corrected chi connectivity index (χ4v) is 5.21. The van der Waals surface area contributed by atoms with E-state index in [1.54, 1.807) is 7.11 Å². The lowest BCUT2D eigenvalue weighted by molar-refractivity contribution is -0.134. The van der Waals surface area contributed by atoms with Crippen molar-refractivity contribution in [1.29, 1.82) is 5.26 Å². The van der Waals surface area contributed by atoms with Gasteiger partial charge in [-0.15, -0.1) is 0 Å². The third-order valence-corrected chi connectivity index (χ3v) is 7.30. The Morgan fingerprint density at radius 1 is 1.28 bits per heavy atom. The first-order chi connectivity index (χ1) is 17.5. The number of anilines is 2. The number of hydrogen-bond donors (Lipinski definition) is 0. The first-order valence-corrected chi connectivity index (χ1v) is 12.7. The minimum atomic E-state index is 0.0411. The molecule has 3 aliphatic rings. The van der Waals surface area contributed by atoms with Crippen LogP contribution in [0.2, 0.25) is 0 Å². The summed E-state index contributed by atoms with van der Waals surface area (Å²) in [5.41, 5.74) is 5.85. The largest absolute Gasteiger partial charge is 0.384 e. The van der Waals surface area contributed by atoms with E-state index in [-0.39, 0.29) is 11.9 Å². The predicted molar refractivity (Wildman–Crippen MR) is 142 cm³/mol. The number of carbonyl (C=O) groups is 1. The SMILES string of the molecule is C=C1C=CCN1c1cccc(-c2cc(C#N)c(N3CCN(C(=O)CCOC)C(C)C3)nc2C2CC2)c1. The molecule has 0 bridgehead atoms. The number of piperazine rings is 1. The van der Waals surface area contributed by atoms with Gasteiger partial charge in [0.2, 0.25) is 5.91 Å². The van der Waals surface area contributed by atoms with Crippen molar-refractivity contribution in [3.63, 3.8) is 0 Å². The van der Waals surface area contributed by atoms with Crippen LogP contribution in [0.3, 0.4) is 0 Å². The van der Waals surface area contributed by atoms with Gasteiger partial charge in [-0.3, -0.25) is 4.79 Å². The number of amides is 1. The summed E-state index contributed by atoms with van der Waals surface area (Å²) in [5, 5.41) is 10.1. The third kappa shape index (κ3) is 4.74. The molecule has 1 saturated carbocycles. The molecule has 1 aliphatic carbocycles. The molecular weight excluding hydrogens is 450 g/mol. The highest BCUT2D eigenvalue weighted by atomic mass is 16.5. The number of ether oxygens (including phenoxy) is 1. The van der Waals surface area contributed by atoms with Crippen LogP contribution < -0.4 is 9.80 Å². The van der Waals surface area contributed by atoms with E-state index in [4.69, 9.17) is 9.72 Å². The second-order valence-electron chi connectivity index (χ2n) is 9.86. The average Bonchev–Trinajstić information content (AvgIpc) is 3.66. The van der Waals surface area contributed by atoms with Gasteiger partial charge in [-0.25, -0.2) is 4.98 Å². The first-order valence-electron chi connectivity index (χ1n) is 12.7. The molecule has 0 N–H and O–H groups in total. The zero-order chi connectivity index (χ0) is 25.2. The van der Waals surface area contributed by atoms with E-state index >= 15 is 0 Å². The van der Waals surface area contributed by atoms with Crippen LogP contribution in [-0.2, 0) is 9.53 Å². The van der Waals surface area contributed by atoms with Crippen molar-refractivity contribution in [2.75, 3.05) is 49.7 Å². The molecule has 7 heteroatoms. The van der Waals surface area contributed by atoms with Gasteiger partial charge >= 0.3 is 0 Å². The second-order valence-corrected chi connectivity index (χ2v) is 9.86. The van der Waals surface area contributed by atoms with Gasteiger partial charge in [0.1, 0.15) is 11.9 Å². The number of methoxy groups -OCH3 is 1. The lowest BCUT2D eigenvalue weighted by Crippen LogP contribution is -2.54. The molecule has 36 heavy (non-hydrogen) atoms. The molecule has 2 aromatic rings. The summed E-state index contributed by atoms with van der Waals surface area (Å²) >= 11 is 0. The number of nitriles is 1. The number of aromatic nitrogens is 1. The van der Waals surface area contributed by atoms with Gasteiger partial charge in [-0.05, 0) is 49.6 Å². The Kier molecular flexibility index (Phi) is 6.80. The number of hydrogen-bond acceptors (Lipinski definition) is 6. The van der Waals surface area contributed by atoms with E-state index in [0.717, 1.165) is 53.4 Å². The van der Waals surface area contributed by atoms with E-state index in [2.05, 4.69) is 59.7 Å². The van der Waals surface area contributed by atoms with Crippen LogP contribution in [0.5, 0.6) is 0 Å². The highest BCUT2D eigenvalue weighted by molar-refractivity contribution is 5.78. The standard InChI is InChI=1S/C29H33N5O2/c1-20-6-5-12-33(20)25-8-4-7-23(16-25)26-17-24(18-30)29(31-28(26)22-9-10-22)32-13-14-34(21(2)19-32)27(35)11-15-36-3/h4-8,16-17,21-22H,1,9-15,19H2,2-3H3. The minimum Gasteiger partial charge on any atom is -0.384 e. The molecule has 186 valence electrons. The second kappa shape index (κ2) is 10.2. The van der Waals surface area contributed by atoms with Gasteiger partial charge < -0.3 is 19.4 Å². The molecule has 1 aromatic carbocycles. The molecule has 2 aliphatic heterocycles. The molecule has 5 rings (SSSR count). The summed E-state index contributed by atoms with van der Waals surface area (Å²) in [7, 11) is 1.61. The highest BCUT2D eigenvalue weighted by Crippen LogP contribution is 2.45. The zero-order valence-electron chi connectivity index (χ0n) is 21.1. The molecule has 1 unspecified atom stereocenters. The summed E-state index contributed by atoms with van der Waals surface area (Å²) in [6.07, 6.45) is 6.79. The maximum Gasteiger partial charge on any atom is 0.225 e. The highest BCUT2D eigenvalue weighted by Gasteiger charge is 2.33. The van der Waals surface area contributed by atoms with Crippen molar-refractivity contribution in [3.05, 3.63) is 66.0 Å². The van der Waals surface area contributed by atoms with Gasteiger partial charge in [0.25, 0.3) is 0 Å². The molecule has 1 atom stereocenters. The maximum atomic E-state index is 12.6. The van der Waals surface area contributed by atoms with Crippen molar-refractivity contribution >= 4 is 17.4 Å². The van der Waals surface area contributed by atoms with Gasteiger partial charge in [0, 0.05) is 62.2 Å². The van der Waals surface area contributed by atoms with E-state index in [0.29, 0.717) is 44.1 Å². The Labute approximate surface area is 213 Å². The quantitative estimate of drug-likeness (QED) is 0.579. The number of pyridine rings is 1.